The molecule has 80 valence electrons. The van der Waals surface area contributed by atoms with Gasteiger partial charge >= 0.3 is 0 Å². The van der Waals surface area contributed by atoms with E-state index in [1.807, 2.05) is 6.92 Å². The van der Waals surface area contributed by atoms with Gasteiger partial charge < -0.3 is 5.32 Å². The molecule has 0 radical (unpaired) electrons. The minimum absolute atomic E-state index is 0.130. The fourth-order valence-electron chi connectivity index (χ4n) is 1.38. The van der Waals surface area contributed by atoms with Crippen molar-refractivity contribution in [1.82, 2.24) is 0 Å². The van der Waals surface area contributed by atoms with E-state index in [9.17, 15) is 9.18 Å². The number of carbonyl (C=O) groups excluding carboxylic acids is 1. The number of rotatable bonds is 2. The summed E-state index contributed by atoms with van der Waals surface area (Å²) in [4.78, 5) is 12.0. The number of nitrogens with one attached hydrogen (secondary N) is 1. The van der Waals surface area contributed by atoms with Crippen molar-refractivity contribution in [3.05, 3.63) is 30.1 Å². The van der Waals surface area contributed by atoms with Crippen LogP contribution >= 0.6 is 15.9 Å². The first-order chi connectivity index (χ1) is 7.04. The number of amides is 1. The van der Waals surface area contributed by atoms with Crippen LogP contribution in [0.5, 0.6) is 0 Å². The molecule has 1 saturated carbocycles. The maximum atomic E-state index is 13.2. The highest BCUT2D eigenvalue weighted by atomic mass is 79.9. The highest BCUT2D eigenvalue weighted by molar-refractivity contribution is 9.09. The summed E-state index contributed by atoms with van der Waals surface area (Å²) in [5.74, 6) is -0.532. The first-order valence-corrected chi connectivity index (χ1v) is 5.65. The minimum Gasteiger partial charge on any atom is -0.323 e. The van der Waals surface area contributed by atoms with E-state index in [-0.39, 0.29) is 21.8 Å². The Labute approximate surface area is 96.0 Å². The molecule has 1 N–H and O–H groups in total. The third kappa shape index (κ3) is 1.91. The number of para-hydroxylation sites is 1. The molecule has 0 aliphatic heterocycles. The summed E-state index contributed by atoms with van der Waals surface area (Å²) in [5.41, 5.74) is -0.141. The standard InChI is InChI=1S/C11H11BrFNO/c1-11(6-9(11)12)10(15)14-8-5-3-2-4-7(8)13/h2-5,9H,6H2,1H3,(H,14,15). The molecular formula is C11H11BrFNO. The van der Waals surface area contributed by atoms with E-state index in [2.05, 4.69) is 21.2 Å². The van der Waals surface area contributed by atoms with Gasteiger partial charge in [-0.25, -0.2) is 4.39 Å². The lowest BCUT2D eigenvalue weighted by atomic mass is 10.1. The number of halogens is 2. The maximum absolute atomic E-state index is 13.2. The second-order valence-corrected chi connectivity index (χ2v) is 5.13. The van der Waals surface area contributed by atoms with Gasteiger partial charge in [0.2, 0.25) is 5.91 Å². The van der Waals surface area contributed by atoms with Crippen molar-refractivity contribution >= 4 is 27.5 Å². The monoisotopic (exact) mass is 271 g/mol. The molecular weight excluding hydrogens is 261 g/mol. The van der Waals surface area contributed by atoms with Crippen LogP contribution in [-0.2, 0) is 4.79 Å². The van der Waals surface area contributed by atoms with Crippen molar-refractivity contribution in [2.24, 2.45) is 5.41 Å². The van der Waals surface area contributed by atoms with Crippen molar-refractivity contribution in [1.29, 1.82) is 0 Å². The SMILES string of the molecule is CC1(C(=O)Nc2ccccc2F)CC1Br. The van der Waals surface area contributed by atoms with Gasteiger partial charge in [-0.2, -0.15) is 0 Å². The van der Waals surface area contributed by atoms with Crippen molar-refractivity contribution < 1.29 is 9.18 Å². The van der Waals surface area contributed by atoms with Gasteiger partial charge in [0.1, 0.15) is 5.82 Å². The van der Waals surface area contributed by atoms with E-state index in [1.54, 1.807) is 18.2 Å². The van der Waals surface area contributed by atoms with Gasteiger partial charge in [-0.05, 0) is 25.5 Å². The van der Waals surface area contributed by atoms with Crippen molar-refractivity contribution in [3.8, 4) is 0 Å². The van der Waals surface area contributed by atoms with Gasteiger partial charge in [-0.3, -0.25) is 4.79 Å². The van der Waals surface area contributed by atoms with E-state index in [1.165, 1.54) is 6.07 Å². The molecule has 2 unspecified atom stereocenters. The van der Waals surface area contributed by atoms with Crippen molar-refractivity contribution in [2.45, 2.75) is 18.2 Å². The number of hydrogen-bond acceptors (Lipinski definition) is 1. The average molecular weight is 272 g/mol. The quantitative estimate of drug-likeness (QED) is 0.824. The zero-order chi connectivity index (χ0) is 11.1. The Morgan fingerprint density at radius 3 is 2.73 bits per heavy atom. The molecule has 1 aliphatic rings. The normalized spacial score (nSPS) is 28.6. The lowest BCUT2D eigenvalue weighted by Gasteiger charge is -2.10. The molecule has 0 aromatic heterocycles. The van der Waals surface area contributed by atoms with Crippen molar-refractivity contribution in [2.75, 3.05) is 5.32 Å². The maximum Gasteiger partial charge on any atom is 0.231 e. The molecule has 1 aromatic carbocycles. The zero-order valence-electron chi connectivity index (χ0n) is 8.26. The van der Waals surface area contributed by atoms with Gasteiger partial charge in [0.15, 0.2) is 0 Å². The lowest BCUT2D eigenvalue weighted by molar-refractivity contribution is -0.120. The van der Waals surface area contributed by atoms with E-state index in [4.69, 9.17) is 0 Å². The number of alkyl halides is 1. The molecule has 4 heteroatoms. The second kappa shape index (κ2) is 3.59. The van der Waals surface area contributed by atoms with Crippen LogP contribution < -0.4 is 5.32 Å². The second-order valence-electron chi connectivity index (χ2n) is 4.02. The summed E-state index contributed by atoms with van der Waals surface area (Å²) < 4.78 is 13.2. The molecule has 0 bridgehead atoms. The highest BCUT2D eigenvalue weighted by Crippen LogP contribution is 2.51. The predicted octanol–water partition coefficient (Wildman–Crippen LogP) is 2.94. The van der Waals surface area contributed by atoms with Gasteiger partial charge in [-0.15, -0.1) is 0 Å². The topological polar surface area (TPSA) is 29.1 Å². The van der Waals surface area contributed by atoms with Crippen LogP contribution in [0.15, 0.2) is 24.3 Å². The Hall–Kier alpha value is -0.900. The third-order valence-electron chi connectivity index (χ3n) is 2.78. The van der Waals surface area contributed by atoms with Gasteiger partial charge in [0, 0.05) is 4.83 Å². The summed E-state index contributed by atoms with van der Waals surface area (Å²) in [5, 5.41) is 2.60. The van der Waals surface area contributed by atoms with Gasteiger partial charge in [-0.1, -0.05) is 28.1 Å². The van der Waals surface area contributed by atoms with E-state index < -0.39 is 5.82 Å². The molecule has 15 heavy (non-hydrogen) atoms. The van der Waals surface area contributed by atoms with Crippen LogP contribution in [0.3, 0.4) is 0 Å². The molecule has 0 saturated heterocycles. The first kappa shape index (κ1) is 10.6. The molecule has 0 heterocycles. The number of benzene rings is 1. The van der Waals surface area contributed by atoms with E-state index >= 15 is 0 Å². The summed E-state index contributed by atoms with van der Waals surface area (Å²) >= 11 is 3.38. The first-order valence-electron chi connectivity index (χ1n) is 4.74. The molecule has 2 atom stereocenters. The van der Waals surface area contributed by atoms with Crippen molar-refractivity contribution in [3.63, 3.8) is 0 Å². The fourth-order valence-corrected chi connectivity index (χ4v) is 2.26. The lowest BCUT2D eigenvalue weighted by Crippen LogP contribution is -2.23. The van der Waals surface area contributed by atoms with Crippen LogP contribution in [0.4, 0.5) is 10.1 Å². The summed E-state index contributed by atoms with van der Waals surface area (Å²) in [6.45, 7) is 1.86. The van der Waals surface area contributed by atoms with E-state index in [0.29, 0.717) is 0 Å². The molecule has 0 spiro atoms. The van der Waals surface area contributed by atoms with Gasteiger partial charge in [0.25, 0.3) is 0 Å². The van der Waals surface area contributed by atoms with Crippen LogP contribution in [0.25, 0.3) is 0 Å². The van der Waals surface area contributed by atoms with Crippen LogP contribution in [0.2, 0.25) is 0 Å². The molecule has 2 nitrogen and oxygen atoms in total. The number of carbonyl (C=O) groups is 1. The van der Waals surface area contributed by atoms with Crippen LogP contribution in [0, 0.1) is 11.2 Å². The fraction of sp³-hybridized carbons (Fsp3) is 0.364. The third-order valence-corrected chi connectivity index (χ3v) is 4.11. The number of anilines is 1. The summed E-state index contributed by atoms with van der Waals surface area (Å²) in [7, 11) is 0. The Bertz CT molecular complexity index is 409. The molecule has 1 aromatic rings. The largest absolute Gasteiger partial charge is 0.323 e. The van der Waals surface area contributed by atoms with Crippen LogP contribution in [-0.4, -0.2) is 10.7 Å². The zero-order valence-corrected chi connectivity index (χ0v) is 9.84. The van der Waals surface area contributed by atoms with E-state index in [0.717, 1.165) is 6.42 Å². The summed E-state index contributed by atoms with van der Waals surface area (Å²) in [6, 6.07) is 6.18. The highest BCUT2D eigenvalue weighted by Gasteiger charge is 2.54. The summed E-state index contributed by atoms with van der Waals surface area (Å²) in [6.07, 6.45) is 0.799. The Balaban J connectivity index is 2.10. The minimum atomic E-state index is -0.402. The predicted molar refractivity (Wildman–Crippen MR) is 60.5 cm³/mol. The molecule has 1 fully saturated rings. The Morgan fingerprint density at radius 2 is 2.20 bits per heavy atom. The Kier molecular flexibility index (Phi) is 2.54. The molecule has 1 amide bonds. The van der Waals surface area contributed by atoms with Crippen LogP contribution in [0.1, 0.15) is 13.3 Å². The molecule has 1 aliphatic carbocycles. The van der Waals surface area contributed by atoms with Gasteiger partial charge in [0.05, 0.1) is 11.1 Å². The average Bonchev–Trinajstić information content (AvgIpc) is 2.80. The molecule has 2 rings (SSSR count). The Morgan fingerprint density at radius 1 is 1.60 bits per heavy atom. The smallest absolute Gasteiger partial charge is 0.231 e. The number of hydrogen-bond donors (Lipinski definition) is 1.